The average molecular weight is 249 g/mol. The van der Waals surface area contributed by atoms with Gasteiger partial charge in [0.15, 0.2) is 12.1 Å². The second-order valence-electron chi connectivity index (χ2n) is 3.96. The molecule has 2 aromatic rings. The van der Waals surface area contributed by atoms with E-state index >= 15 is 0 Å². The minimum atomic E-state index is 0.320. The molecule has 1 saturated carbocycles. The van der Waals surface area contributed by atoms with E-state index in [2.05, 4.69) is 15.1 Å². The molecule has 0 atom stereocenters. The predicted molar refractivity (Wildman–Crippen MR) is 61.5 cm³/mol. The van der Waals surface area contributed by atoms with Crippen LogP contribution in [0.2, 0.25) is 5.15 Å². The fraction of sp³-hybridized carbons (Fsp3) is 0.273. The minimum Gasteiger partial charge on any atom is -0.298 e. The van der Waals surface area contributed by atoms with Crippen LogP contribution >= 0.6 is 11.6 Å². The molecule has 0 unspecified atom stereocenters. The monoisotopic (exact) mass is 248 g/mol. The maximum Gasteiger partial charge on any atom is 0.158 e. The second kappa shape index (κ2) is 3.92. The lowest BCUT2D eigenvalue weighted by molar-refractivity contribution is 0.112. The first-order chi connectivity index (χ1) is 8.31. The number of carbonyl (C=O) groups excluding carboxylic acids is 1. The Bertz CT molecular complexity index is 562. The number of halogens is 1. The quantitative estimate of drug-likeness (QED) is 0.780. The van der Waals surface area contributed by atoms with Gasteiger partial charge in [-0.2, -0.15) is 5.10 Å². The molecule has 3 rings (SSSR count). The van der Waals surface area contributed by atoms with Crippen LogP contribution in [0.3, 0.4) is 0 Å². The Balaban J connectivity index is 2.14. The zero-order valence-corrected chi connectivity index (χ0v) is 9.63. The van der Waals surface area contributed by atoms with Crippen molar-refractivity contribution in [3.05, 3.63) is 35.0 Å². The molecule has 0 spiro atoms. The number of hydrogen-bond acceptors (Lipinski definition) is 4. The lowest BCUT2D eigenvalue weighted by atomic mass is 10.2. The summed E-state index contributed by atoms with van der Waals surface area (Å²) in [4.78, 5) is 19.0. The van der Waals surface area contributed by atoms with Crippen molar-refractivity contribution in [2.24, 2.45) is 0 Å². The van der Waals surface area contributed by atoms with Crippen molar-refractivity contribution in [2.45, 2.75) is 18.8 Å². The minimum absolute atomic E-state index is 0.320. The summed E-state index contributed by atoms with van der Waals surface area (Å²) in [7, 11) is 0. The Morgan fingerprint density at radius 2 is 2.29 bits per heavy atom. The van der Waals surface area contributed by atoms with E-state index < -0.39 is 0 Å². The molecule has 0 bridgehead atoms. The maximum atomic E-state index is 11.1. The van der Waals surface area contributed by atoms with E-state index in [1.165, 1.54) is 11.0 Å². The summed E-state index contributed by atoms with van der Waals surface area (Å²) in [5.74, 6) is 0.941. The smallest absolute Gasteiger partial charge is 0.158 e. The van der Waals surface area contributed by atoms with Crippen molar-refractivity contribution in [2.75, 3.05) is 0 Å². The molecule has 0 aromatic carbocycles. The van der Waals surface area contributed by atoms with E-state index in [1.807, 2.05) is 0 Å². The second-order valence-corrected chi connectivity index (χ2v) is 4.32. The highest BCUT2D eigenvalue weighted by molar-refractivity contribution is 6.32. The van der Waals surface area contributed by atoms with Crippen LogP contribution in [0.4, 0.5) is 0 Å². The van der Waals surface area contributed by atoms with Gasteiger partial charge >= 0.3 is 0 Å². The number of aromatic nitrogens is 4. The Kier molecular flexibility index (Phi) is 2.40. The van der Waals surface area contributed by atoms with Crippen LogP contribution in [0, 0.1) is 0 Å². The van der Waals surface area contributed by atoms with Crippen molar-refractivity contribution in [3.63, 3.8) is 0 Å². The SMILES string of the molecule is O=Cc1c(C2CC2)nn(-c2ccncn2)c1Cl. The van der Waals surface area contributed by atoms with Gasteiger partial charge in [-0.15, -0.1) is 0 Å². The molecule has 0 N–H and O–H groups in total. The standard InChI is InChI=1S/C11H9ClN4O/c12-11-8(5-17)10(7-1-2-7)15-16(11)9-3-4-13-6-14-9/h3-7H,1-2H2. The molecular weight excluding hydrogens is 240 g/mol. The van der Waals surface area contributed by atoms with Crippen LogP contribution in [-0.2, 0) is 0 Å². The zero-order chi connectivity index (χ0) is 11.8. The van der Waals surface area contributed by atoms with E-state index in [-0.39, 0.29) is 0 Å². The van der Waals surface area contributed by atoms with Crippen molar-refractivity contribution in [1.29, 1.82) is 0 Å². The highest BCUT2D eigenvalue weighted by Gasteiger charge is 2.31. The third-order valence-electron chi connectivity index (χ3n) is 2.76. The molecule has 0 amide bonds. The molecule has 1 aliphatic carbocycles. The molecule has 2 heterocycles. The maximum absolute atomic E-state index is 11.1. The largest absolute Gasteiger partial charge is 0.298 e. The Hall–Kier alpha value is -1.75. The third kappa shape index (κ3) is 1.72. The number of carbonyl (C=O) groups is 1. The summed E-state index contributed by atoms with van der Waals surface area (Å²) in [6.45, 7) is 0. The molecule has 0 aliphatic heterocycles. The van der Waals surface area contributed by atoms with Crippen molar-refractivity contribution in [3.8, 4) is 5.82 Å². The Morgan fingerprint density at radius 1 is 1.47 bits per heavy atom. The van der Waals surface area contributed by atoms with E-state index in [1.54, 1.807) is 12.3 Å². The highest BCUT2D eigenvalue weighted by Crippen LogP contribution is 2.42. The van der Waals surface area contributed by atoms with E-state index in [4.69, 9.17) is 11.6 Å². The first-order valence-corrected chi connectivity index (χ1v) is 5.69. The molecule has 1 fully saturated rings. The normalized spacial score (nSPS) is 14.9. The van der Waals surface area contributed by atoms with Gasteiger partial charge in [-0.1, -0.05) is 11.6 Å². The first kappa shape index (κ1) is 10.4. The summed E-state index contributed by atoms with van der Waals surface area (Å²) in [5, 5.41) is 4.70. The van der Waals surface area contributed by atoms with Crippen LogP contribution in [0.15, 0.2) is 18.6 Å². The van der Waals surface area contributed by atoms with Gasteiger partial charge in [-0.05, 0) is 12.8 Å². The van der Waals surface area contributed by atoms with Crippen LogP contribution in [-0.4, -0.2) is 26.0 Å². The molecule has 17 heavy (non-hydrogen) atoms. The molecule has 1 aliphatic rings. The number of aldehydes is 1. The third-order valence-corrected chi connectivity index (χ3v) is 3.12. The van der Waals surface area contributed by atoms with Gasteiger partial charge in [-0.3, -0.25) is 4.79 Å². The van der Waals surface area contributed by atoms with E-state index in [0.717, 1.165) is 24.8 Å². The lowest BCUT2D eigenvalue weighted by Crippen LogP contribution is -2.00. The van der Waals surface area contributed by atoms with Gasteiger partial charge in [0.2, 0.25) is 0 Å². The van der Waals surface area contributed by atoms with Gasteiger partial charge in [0.05, 0.1) is 11.3 Å². The Labute approximate surface area is 102 Å². The van der Waals surface area contributed by atoms with Crippen LogP contribution < -0.4 is 0 Å². The van der Waals surface area contributed by atoms with E-state index in [9.17, 15) is 4.79 Å². The van der Waals surface area contributed by atoms with Gasteiger partial charge in [0, 0.05) is 18.2 Å². The molecule has 0 radical (unpaired) electrons. The lowest BCUT2D eigenvalue weighted by Gasteiger charge is -1.99. The van der Waals surface area contributed by atoms with Gasteiger partial charge in [0.25, 0.3) is 0 Å². The first-order valence-electron chi connectivity index (χ1n) is 5.31. The molecule has 5 nitrogen and oxygen atoms in total. The number of nitrogens with zero attached hydrogens (tertiary/aromatic N) is 4. The summed E-state index contributed by atoms with van der Waals surface area (Å²) in [6.07, 6.45) is 5.93. The summed E-state index contributed by atoms with van der Waals surface area (Å²) in [5.41, 5.74) is 1.26. The van der Waals surface area contributed by atoms with Crippen LogP contribution in [0.5, 0.6) is 0 Å². The Morgan fingerprint density at radius 3 is 2.88 bits per heavy atom. The van der Waals surface area contributed by atoms with Crippen molar-refractivity contribution >= 4 is 17.9 Å². The number of rotatable bonds is 3. The predicted octanol–water partition coefficient (Wildman–Crippen LogP) is 2.01. The van der Waals surface area contributed by atoms with Gasteiger partial charge in [-0.25, -0.2) is 14.6 Å². The van der Waals surface area contributed by atoms with Gasteiger partial charge < -0.3 is 0 Å². The number of hydrogen-bond donors (Lipinski definition) is 0. The molecular formula is C11H9ClN4O. The average Bonchev–Trinajstić information content (AvgIpc) is 3.15. The summed E-state index contributed by atoms with van der Waals surface area (Å²) in [6, 6.07) is 1.70. The summed E-state index contributed by atoms with van der Waals surface area (Å²) < 4.78 is 1.49. The van der Waals surface area contributed by atoms with Gasteiger partial charge in [0.1, 0.15) is 11.5 Å². The summed E-state index contributed by atoms with van der Waals surface area (Å²) >= 11 is 6.14. The van der Waals surface area contributed by atoms with E-state index in [0.29, 0.717) is 22.5 Å². The highest BCUT2D eigenvalue weighted by atomic mass is 35.5. The van der Waals surface area contributed by atoms with Crippen LogP contribution in [0.1, 0.15) is 34.8 Å². The fourth-order valence-electron chi connectivity index (χ4n) is 1.75. The topological polar surface area (TPSA) is 60.7 Å². The molecule has 86 valence electrons. The molecule has 0 saturated heterocycles. The van der Waals surface area contributed by atoms with Crippen LogP contribution in [0.25, 0.3) is 5.82 Å². The molecule has 2 aromatic heterocycles. The fourth-order valence-corrected chi connectivity index (χ4v) is 2.02. The van der Waals surface area contributed by atoms with Crippen molar-refractivity contribution in [1.82, 2.24) is 19.7 Å². The zero-order valence-electron chi connectivity index (χ0n) is 8.88. The van der Waals surface area contributed by atoms with Crippen molar-refractivity contribution < 1.29 is 4.79 Å². The molecule has 6 heteroatoms.